The Balaban J connectivity index is 2.83. The summed E-state index contributed by atoms with van der Waals surface area (Å²) >= 11 is 0. The minimum absolute atomic E-state index is 0.392. The number of aldehydes is 1. The fourth-order valence-electron chi connectivity index (χ4n) is 2.17. The molecule has 0 bridgehead atoms. The summed E-state index contributed by atoms with van der Waals surface area (Å²) in [5.74, 6) is 0.864. The van der Waals surface area contributed by atoms with Gasteiger partial charge in [-0.2, -0.15) is 0 Å². The maximum Gasteiger partial charge on any atom is 0.139 e. The van der Waals surface area contributed by atoms with E-state index in [0.717, 1.165) is 28.6 Å². The SMILES string of the molecule is COc1cccc2c1c(C)c(C)n2CC=O. The third-order valence-corrected chi connectivity index (χ3v) is 3.09. The Kier molecular flexibility index (Phi) is 2.69. The fraction of sp³-hybridized carbons (Fsp3) is 0.308. The van der Waals surface area contributed by atoms with E-state index in [0.29, 0.717) is 6.54 Å². The van der Waals surface area contributed by atoms with Gasteiger partial charge in [0.2, 0.25) is 0 Å². The van der Waals surface area contributed by atoms with Crippen LogP contribution < -0.4 is 4.74 Å². The molecule has 0 atom stereocenters. The largest absolute Gasteiger partial charge is 0.496 e. The Morgan fingerprint density at radius 2 is 2.12 bits per heavy atom. The number of hydrogen-bond donors (Lipinski definition) is 0. The molecule has 1 aromatic heterocycles. The molecule has 0 amide bonds. The molecule has 0 aliphatic carbocycles. The van der Waals surface area contributed by atoms with Gasteiger partial charge in [-0.1, -0.05) is 6.07 Å². The van der Waals surface area contributed by atoms with Crippen LogP contribution in [0.1, 0.15) is 11.3 Å². The maximum atomic E-state index is 10.7. The average Bonchev–Trinajstić information content (AvgIpc) is 2.55. The van der Waals surface area contributed by atoms with Gasteiger partial charge < -0.3 is 14.1 Å². The number of carbonyl (C=O) groups is 1. The van der Waals surface area contributed by atoms with E-state index in [-0.39, 0.29) is 0 Å². The van der Waals surface area contributed by atoms with Crippen molar-refractivity contribution in [1.29, 1.82) is 0 Å². The first-order valence-corrected chi connectivity index (χ1v) is 5.26. The van der Waals surface area contributed by atoms with Gasteiger partial charge >= 0.3 is 0 Å². The van der Waals surface area contributed by atoms with E-state index in [1.165, 1.54) is 5.56 Å². The lowest BCUT2D eigenvalue weighted by Gasteiger charge is -2.04. The number of fused-ring (bicyclic) bond motifs is 1. The van der Waals surface area contributed by atoms with Gasteiger partial charge in [-0.3, -0.25) is 0 Å². The van der Waals surface area contributed by atoms with Crippen molar-refractivity contribution in [2.75, 3.05) is 7.11 Å². The monoisotopic (exact) mass is 217 g/mol. The van der Waals surface area contributed by atoms with Crippen LogP contribution in [0.5, 0.6) is 5.75 Å². The second-order valence-corrected chi connectivity index (χ2v) is 3.84. The normalized spacial score (nSPS) is 10.7. The lowest BCUT2D eigenvalue weighted by Crippen LogP contribution is -2.00. The lowest BCUT2D eigenvalue weighted by atomic mass is 10.1. The van der Waals surface area contributed by atoms with Gasteiger partial charge in [0.25, 0.3) is 0 Å². The fourth-order valence-corrected chi connectivity index (χ4v) is 2.17. The molecule has 16 heavy (non-hydrogen) atoms. The number of benzene rings is 1. The summed E-state index contributed by atoms with van der Waals surface area (Å²) in [5, 5.41) is 1.10. The van der Waals surface area contributed by atoms with Gasteiger partial charge in [0.05, 0.1) is 19.2 Å². The van der Waals surface area contributed by atoms with E-state index < -0.39 is 0 Å². The molecular formula is C13H15NO2. The van der Waals surface area contributed by atoms with Crippen LogP contribution >= 0.6 is 0 Å². The summed E-state index contributed by atoms with van der Waals surface area (Å²) in [5.41, 5.74) is 3.35. The number of rotatable bonds is 3. The Morgan fingerprint density at radius 1 is 1.38 bits per heavy atom. The van der Waals surface area contributed by atoms with Crippen LogP contribution in [0.2, 0.25) is 0 Å². The molecule has 84 valence electrons. The number of carbonyl (C=O) groups excluding carboxylic acids is 1. The molecule has 0 saturated carbocycles. The van der Waals surface area contributed by atoms with E-state index in [2.05, 4.69) is 6.92 Å². The zero-order valence-corrected chi connectivity index (χ0v) is 9.78. The average molecular weight is 217 g/mol. The number of aromatic nitrogens is 1. The summed E-state index contributed by atoms with van der Waals surface area (Å²) in [6.07, 6.45) is 0.922. The van der Waals surface area contributed by atoms with Crippen LogP contribution in [0.3, 0.4) is 0 Å². The van der Waals surface area contributed by atoms with Crippen LogP contribution in [0, 0.1) is 13.8 Å². The molecule has 2 rings (SSSR count). The highest BCUT2D eigenvalue weighted by molar-refractivity contribution is 5.91. The summed E-state index contributed by atoms with van der Waals surface area (Å²) in [7, 11) is 1.67. The topological polar surface area (TPSA) is 31.2 Å². The van der Waals surface area contributed by atoms with Gasteiger partial charge in [-0.15, -0.1) is 0 Å². The molecule has 2 aromatic rings. The van der Waals surface area contributed by atoms with Crippen molar-refractivity contribution in [3.05, 3.63) is 29.5 Å². The predicted octanol–water partition coefficient (Wildman–Crippen LogP) is 2.47. The Hall–Kier alpha value is -1.77. The molecule has 0 saturated heterocycles. The summed E-state index contributed by atoms with van der Waals surface area (Å²) in [6, 6.07) is 5.91. The number of nitrogens with zero attached hydrogens (tertiary/aromatic N) is 1. The molecule has 0 aliphatic rings. The zero-order valence-electron chi connectivity index (χ0n) is 9.78. The number of ether oxygens (including phenoxy) is 1. The van der Waals surface area contributed by atoms with Crippen LogP contribution in [0.15, 0.2) is 18.2 Å². The second-order valence-electron chi connectivity index (χ2n) is 3.84. The summed E-state index contributed by atoms with van der Waals surface area (Å²) in [6.45, 7) is 4.48. The van der Waals surface area contributed by atoms with Crippen molar-refractivity contribution in [3.63, 3.8) is 0 Å². The molecule has 0 radical (unpaired) electrons. The van der Waals surface area contributed by atoms with E-state index in [4.69, 9.17) is 4.74 Å². The van der Waals surface area contributed by atoms with Gasteiger partial charge in [0, 0.05) is 11.1 Å². The van der Waals surface area contributed by atoms with E-state index >= 15 is 0 Å². The van der Waals surface area contributed by atoms with Crippen molar-refractivity contribution in [1.82, 2.24) is 4.57 Å². The number of methoxy groups -OCH3 is 1. The molecule has 1 heterocycles. The van der Waals surface area contributed by atoms with E-state index in [1.807, 2.05) is 29.7 Å². The van der Waals surface area contributed by atoms with E-state index in [9.17, 15) is 4.79 Å². The van der Waals surface area contributed by atoms with Crippen molar-refractivity contribution in [3.8, 4) is 5.75 Å². The number of hydrogen-bond acceptors (Lipinski definition) is 2. The third kappa shape index (κ3) is 1.40. The van der Waals surface area contributed by atoms with Gasteiger partial charge in [0.1, 0.15) is 12.0 Å². The summed E-state index contributed by atoms with van der Waals surface area (Å²) < 4.78 is 7.37. The van der Waals surface area contributed by atoms with Crippen molar-refractivity contribution in [2.45, 2.75) is 20.4 Å². The van der Waals surface area contributed by atoms with Crippen molar-refractivity contribution < 1.29 is 9.53 Å². The van der Waals surface area contributed by atoms with Gasteiger partial charge in [-0.05, 0) is 31.5 Å². The standard InChI is InChI=1S/C13H15NO2/c1-9-10(2)14(7-8-15)11-5-4-6-12(16-3)13(9)11/h4-6,8H,7H2,1-3H3. The smallest absolute Gasteiger partial charge is 0.139 e. The Labute approximate surface area is 94.6 Å². The van der Waals surface area contributed by atoms with Gasteiger partial charge in [-0.25, -0.2) is 0 Å². The van der Waals surface area contributed by atoms with Crippen molar-refractivity contribution in [2.24, 2.45) is 0 Å². The highest BCUT2D eigenvalue weighted by Gasteiger charge is 2.13. The van der Waals surface area contributed by atoms with Crippen LogP contribution in [0.4, 0.5) is 0 Å². The highest BCUT2D eigenvalue weighted by atomic mass is 16.5. The minimum Gasteiger partial charge on any atom is -0.496 e. The number of aryl methyl sites for hydroxylation is 1. The molecule has 3 heteroatoms. The molecule has 0 N–H and O–H groups in total. The van der Waals surface area contributed by atoms with Crippen LogP contribution in [-0.4, -0.2) is 18.0 Å². The summed E-state index contributed by atoms with van der Waals surface area (Å²) in [4.78, 5) is 10.7. The lowest BCUT2D eigenvalue weighted by molar-refractivity contribution is -0.108. The van der Waals surface area contributed by atoms with Crippen LogP contribution in [0.25, 0.3) is 10.9 Å². The first-order valence-electron chi connectivity index (χ1n) is 5.26. The molecule has 0 fully saturated rings. The first kappa shape index (κ1) is 10.7. The first-order chi connectivity index (χ1) is 7.70. The third-order valence-electron chi connectivity index (χ3n) is 3.09. The highest BCUT2D eigenvalue weighted by Crippen LogP contribution is 2.32. The van der Waals surface area contributed by atoms with Crippen LogP contribution in [-0.2, 0) is 11.3 Å². The zero-order chi connectivity index (χ0) is 11.7. The maximum absolute atomic E-state index is 10.7. The quantitative estimate of drug-likeness (QED) is 0.739. The Morgan fingerprint density at radius 3 is 2.75 bits per heavy atom. The van der Waals surface area contributed by atoms with Gasteiger partial charge in [0.15, 0.2) is 0 Å². The molecular weight excluding hydrogens is 202 g/mol. The second kappa shape index (κ2) is 4.00. The Bertz CT molecular complexity index is 540. The molecule has 0 spiro atoms. The predicted molar refractivity (Wildman–Crippen MR) is 64.0 cm³/mol. The van der Waals surface area contributed by atoms with E-state index in [1.54, 1.807) is 7.11 Å². The molecule has 0 unspecified atom stereocenters. The van der Waals surface area contributed by atoms with Crippen molar-refractivity contribution >= 4 is 17.2 Å². The minimum atomic E-state index is 0.392. The molecule has 0 aliphatic heterocycles. The molecule has 3 nitrogen and oxygen atoms in total. The molecule has 1 aromatic carbocycles.